The SMILES string of the molecule is CN1C(=O)C2=C(CCNC=C2)C1=O. The van der Waals surface area contributed by atoms with Crippen LogP contribution in [0, 0.1) is 0 Å². The zero-order valence-electron chi connectivity index (χ0n) is 7.33. The number of hydrogen-bond acceptors (Lipinski definition) is 3. The summed E-state index contributed by atoms with van der Waals surface area (Å²) in [6, 6.07) is 0. The van der Waals surface area contributed by atoms with Crippen LogP contribution in [0.1, 0.15) is 6.42 Å². The van der Waals surface area contributed by atoms with Crippen molar-refractivity contribution in [1.82, 2.24) is 10.2 Å². The largest absolute Gasteiger partial charge is 0.391 e. The molecule has 0 aromatic heterocycles. The highest BCUT2D eigenvalue weighted by Crippen LogP contribution is 2.23. The molecule has 0 radical (unpaired) electrons. The van der Waals surface area contributed by atoms with Crippen LogP contribution < -0.4 is 5.32 Å². The second kappa shape index (κ2) is 2.73. The molecule has 0 aliphatic carbocycles. The van der Waals surface area contributed by atoms with E-state index in [4.69, 9.17) is 0 Å². The lowest BCUT2D eigenvalue weighted by Crippen LogP contribution is -2.27. The molecule has 0 spiro atoms. The number of carbonyl (C=O) groups is 2. The summed E-state index contributed by atoms with van der Waals surface area (Å²) in [6.45, 7) is 0.711. The predicted octanol–water partition coefficient (Wildman–Crippen LogP) is -0.211. The molecule has 2 aliphatic heterocycles. The van der Waals surface area contributed by atoms with E-state index in [1.165, 1.54) is 11.9 Å². The Hall–Kier alpha value is -1.58. The summed E-state index contributed by atoms with van der Waals surface area (Å²) in [4.78, 5) is 24.1. The van der Waals surface area contributed by atoms with E-state index in [0.29, 0.717) is 24.1 Å². The van der Waals surface area contributed by atoms with Crippen molar-refractivity contribution >= 4 is 11.8 Å². The molecule has 4 nitrogen and oxygen atoms in total. The molecule has 13 heavy (non-hydrogen) atoms. The number of carbonyl (C=O) groups excluding carboxylic acids is 2. The fourth-order valence-electron chi connectivity index (χ4n) is 1.56. The topological polar surface area (TPSA) is 49.4 Å². The van der Waals surface area contributed by atoms with Crippen LogP contribution in [-0.2, 0) is 9.59 Å². The van der Waals surface area contributed by atoms with E-state index in [1.807, 2.05) is 0 Å². The first kappa shape index (κ1) is 8.04. The molecular weight excluding hydrogens is 168 g/mol. The number of rotatable bonds is 0. The van der Waals surface area contributed by atoms with Gasteiger partial charge in [-0.25, -0.2) is 0 Å². The van der Waals surface area contributed by atoms with Gasteiger partial charge in [0.05, 0.1) is 5.57 Å². The van der Waals surface area contributed by atoms with Crippen molar-refractivity contribution in [3.05, 3.63) is 23.4 Å². The van der Waals surface area contributed by atoms with Gasteiger partial charge in [0.15, 0.2) is 0 Å². The summed E-state index contributed by atoms with van der Waals surface area (Å²) in [5.41, 5.74) is 1.17. The highest BCUT2D eigenvalue weighted by atomic mass is 16.2. The number of nitrogens with one attached hydrogen (secondary N) is 1. The maximum atomic E-state index is 11.5. The van der Waals surface area contributed by atoms with Crippen molar-refractivity contribution in [1.29, 1.82) is 0 Å². The van der Waals surface area contributed by atoms with Crippen LogP contribution in [-0.4, -0.2) is 30.3 Å². The first-order valence-corrected chi connectivity index (χ1v) is 4.17. The Morgan fingerprint density at radius 2 is 2.15 bits per heavy atom. The van der Waals surface area contributed by atoms with Crippen molar-refractivity contribution in [2.75, 3.05) is 13.6 Å². The first-order chi connectivity index (χ1) is 6.22. The fourth-order valence-corrected chi connectivity index (χ4v) is 1.56. The van der Waals surface area contributed by atoms with Gasteiger partial charge in [0.25, 0.3) is 11.8 Å². The molecule has 2 aliphatic rings. The van der Waals surface area contributed by atoms with Gasteiger partial charge >= 0.3 is 0 Å². The van der Waals surface area contributed by atoms with Crippen LogP contribution in [0.15, 0.2) is 23.4 Å². The maximum absolute atomic E-state index is 11.5. The molecule has 0 bridgehead atoms. The van der Waals surface area contributed by atoms with E-state index in [9.17, 15) is 9.59 Å². The monoisotopic (exact) mass is 178 g/mol. The van der Waals surface area contributed by atoms with Gasteiger partial charge < -0.3 is 5.32 Å². The number of imide groups is 1. The third kappa shape index (κ3) is 1.06. The Labute approximate surface area is 75.9 Å². The summed E-state index contributed by atoms with van der Waals surface area (Å²) < 4.78 is 0. The highest BCUT2D eigenvalue weighted by molar-refractivity contribution is 6.20. The van der Waals surface area contributed by atoms with Gasteiger partial charge in [-0.3, -0.25) is 14.5 Å². The lowest BCUT2D eigenvalue weighted by atomic mass is 10.1. The van der Waals surface area contributed by atoms with Gasteiger partial charge in [0, 0.05) is 19.2 Å². The van der Waals surface area contributed by atoms with E-state index >= 15 is 0 Å². The van der Waals surface area contributed by atoms with Crippen molar-refractivity contribution < 1.29 is 9.59 Å². The van der Waals surface area contributed by atoms with Gasteiger partial charge in [-0.2, -0.15) is 0 Å². The highest BCUT2D eigenvalue weighted by Gasteiger charge is 2.34. The Morgan fingerprint density at radius 3 is 2.92 bits per heavy atom. The summed E-state index contributed by atoms with van der Waals surface area (Å²) in [5, 5.41) is 2.99. The molecule has 0 aromatic rings. The van der Waals surface area contributed by atoms with Crippen molar-refractivity contribution in [2.24, 2.45) is 0 Å². The normalized spacial score (nSPS) is 21.8. The third-order valence-corrected chi connectivity index (χ3v) is 2.31. The molecule has 2 rings (SSSR count). The molecule has 68 valence electrons. The smallest absolute Gasteiger partial charge is 0.260 e. The number of amides is 2. The van der Waals surface area contributed by atoms with E-state index in [-0.39, 0.29) is 11.8 Å². The average molecular weight is 178 g/mol. The predicted molar refractivity (Wildman–Crippen MR) is 46.6 cm³/mol. The number of nitrogens with zero attached hydrogens (tertiary/aromatic N) is 1. The molecule has 0 aromatic carbocycles. The molecule has 2 heterocycles. The van der Waals surface area contributed by atoms with Gasteiger partial charge in [-0.1, -0.05) is 0 Å². The number of likely N-dealkylation sites (N-methyl/N-ethyl adjacent to an activating group) is 1. The second-order valence-corrected chi connectivity index (χ2v) is 3.10. The lowest BCUT2D eigenvalue weighted by molar-refractivity contribution is -0.135. The zero-order chi connectivity index (χ0) is 9.42. The average Bonchev–Trinajstić information content (AvgIpc) is 2.40. The molecule has 2 amide bonds. The molecule has 1 N–H and O–H groups in total. The second-order valence-electron chi connectivity index (χ2n) is 3.10. The minimum Gasteiger partial charge on any atom is -0.391 e. The molecule has 0 saturated carbocycles. The molecular formula is C9H10N2O2. The van der Waals surface area contributed by atoms with Crippen LogP contribution in [0.4, 0.5) is 0 Å². The van der Waals surface area contributed by atoms with Crippen LogP contribution in [0.5, 0.6) is 0 Å². The van der Waals surface area contributed by atoms with E-state index in [2.05, 4.69) is 5.32 Å². The van der Waals surface area contributed by atoms with Crippen LogP contribution >= 0.6 is 0 Å². The molecule has 0 fully saturated rings. The maximum Gasteiger partial charge on any atom is 0.260 e. The summed E-state index contributed by atoms with van der Waals surface area (Å²) in [5.74, 6) is -0.353. The Balaban J connectivity index is 2.45. The van der Waals surface area contributed by atoms with Gasteiger partial charge in [0.1, 0.15) is 0 Å². The summed E-state index contributed by atoms with van der Waals surface area (Å²) in [6.07, 6.45) is 4.01. The standard InChI is InChI=1S/C9H10N2O2/c1-11-8(12)6-2-4-10-5-3-7(6)9(11)13/h2,4,10H,3,5H2,1H3. The van der Waals surface area contributed by atoms with Crippen molar-refractivity contribution in [3.8, 4) is 0 Å². The van der Waals surface area contributed by atoms with Crippen molar-refractivity contribution in [3.63, 3.8) is 0 Å². The van der Waals surface area contributed by atoms with Gasteiger partial charge in [-0.05, 0) is 18.7 Å². The zero-order valence-corrected chi connectivity index (χ0v) is 7.33. The number of hydrogen-bond donors (Lipinski definition) is 1. The van der Waals surface area contributed by atoms with Crippen LogP contribution in [0.2, 0.25) is 0 Å². The summed E-state index contributed by atoms with van der Waals surface area (Å²) >= 11 is 0. The Bertz CT molecular complexity index is 342. The van der Waals surface area contributed by atoms with E-state index < -0.39 is 0 Å². The van der Waals surface area contributed by atoms with E-state index in [1.54, 1.807) is 12.3 Å². The first-order valence-electron chi connectivity index (χ1n) is 4.17. The minimum atomic E-state index is -0.194. The van der Waals surface area contributed by atoms with Crippen LogP contribution in [0.3, 0.4) is 0 Å². The fraction of sp³-hybridized carbons (Fsp3) is 0.333. The van der Waals surface area contributed by atoms with Crippen LogP contribution in [0.25, 0.3) is 0 Å². The molecule has 0 atom stereocenters. The third-order valence-electron chi connectivity index (χ3n) is 2.31. The molecule has 0 unspecified atom stereocenters. The lowest BCUT2D eigenvalue weighted by Gasteiger charge is -2.06. The Morgan fingerprint density at radius 1 is 1.38 bits per heavy atom. The van der Waals surface area contributed by atoms with E-state index in [0.717, 1.165) is 0 Å². The van der Waals surface area contributed by atoms with Crippen molar-refractivity contribution in [2.45, 2.75) is 6.42 Å². The minimum absolute atomic E-state index is 0.159. The quantitative estimate of drug-likeness (QED) is 0.522. The summed E-state index contributed by atoms with van der Waals surface area (Å²) in [7, 11) is 1.51. The molecule has 4 heteroatoms. The molecule has 0 saturated heterocycles. The van der Waals surface area contributed by atoms with Gasteiger partial charge in [0.2, 0.25) is 0 Å². The van der Waals surface area contributed by atoms with Gasteiger partial charge in [-0.15, -0.1) is 0 Å². The Kier molecular flexibility index (Phi) is 1.69.